The molecule has 3 nitrogen and oxygen atoms in total. The van der Waals surface area contributed by atoms with E-state index in [4.69, 9.17) is 0 Å². The molecule has 0 unspecified atom stereocenters. The lowest BCUT2D eigenvalue weighted by molar-refractivity contribution is -0.119. The van der Waals surface area contributed by atoms with Gasteiger partial charge >= 0.3 is 0 Å². The molecule has 3 heteroatoms. The molecule has 0 aromatic rings. The maximum Gasteiger partial charge on any atom is 0.151 e. The second-order valence-corrected chi connectivity index (χ2v) is 1.37. The first kappa shape index (κ1) is 7.59. The Hall–Kier alpha value is -0.410. The van der Waals surface area contributed by atoms with Crippen LogP contribution in [0.5, 0.6) is 0 Å². The second kappa shape index (κ2) is 4.74. The summed E-state index contributed by atoms with van der Waals surface area (Å²) in [6, 6.07) is 0. The van der Waals surface area contributed by atoms with Crippen LogP contribution in [0, 0.1) is 0 Å². The zero-order chi connectivity index (χ0) is 6.41. The number of ether oxygens (including phenoxy) is 2. The van der Waals surface area contributed by atoms with E-state index in [0.29, 0.717) is 12.9 Å². The molecule has 8 heavy (non-hydrogen) atoms. The van der Waals surface area contributed by atoms with Gasteiger partial charge in [0.25, 0.3) is 0 Å². The highest BCUT2D eigenvalue weighted by Crippen LogP contribution is 1.82. The molecule has 0 heterocycles. The van der Waals surface area contributed by atoms with Gasteiger partial charge in [0.05, 0.1) is 6.61 Å². The van der Waals surface area contributed by atoms with E-state index in [2.05, 4.69) is 9.47 Å². The first-order valence-corrected chi connectivity index (χ1v) is 2.32. The van der Waals surface area contributed by atoms with Gasteiger partial charge in [0, 0.05) is 14.2 Å². The first-order valence-electron chi connectivity index (χ1n) is 2.32. The van der Waals surface area contributed by atoms with Crippen LogP contribution in [0.3, 0.4) is 0 Å². The number of methoxy groups -OCH3 is 2. The number of hydrogen-bond acceptors (Lipinski definition) is 3. The lowest BCUT2D eigenvalue weighted by atomic mass is 10.4. The Balaban J connectivity index is 3.21. The third kappa shape index (κ3) is 2.71. The van der Waals surface area contributed by atoms with Gasteiger partial charge in [-0.05, 0) is 0 Å². The minimum Gasteiger partial charge on any atom is -0.382 e. The smallest absolute Gasteiger partial charge is 0.151 e. The third-order valence-electron chi connectivity index (χ3n) is 0.785. The second-order valence-electron chi connectivity index (χ2n) is 1.37. The van der Waals surface area contributed by atoms with E-state index in [1.54, 1.807) is 0 Å². The molecule has 0 aromatic carbocycles. The Morgan fingerprint density at radius 3 is 2.38 bits per heavy atom. The van der Waals surface area contributed by atoms with Crippen molar-refractivity contribution < 1.29 is 14.3 Å². The molecule has 0 saturated carbocycles. The highest BCUT2D eigenvalue weighted by atomic mass is 16.5. The van der Waals surface area contributed by atoms with Crippen molar-refractivity contribution in [3.05, 3.63) is 0 Å². The van der Waals surface area contributed by atoms with Crippen molar-refractivity contribution in [2.45, 2.75) is 6.10 Å². The molecule has 0 bridgehead atoms. The molecule has 1 atom stereocenters. The van der Waals surface area contributed by atoms with E-state index in [1.165, 1.54) is 14.2 Å². The molecule has 0 radical (unpaired) electrons. The van der Waals surface area contributed by atoms with Gasteiger partial charge in [0.15, 0.2) is 6.29 Å². The highest BCUT2D eigenvalue weighted by Gasteiger charge is 2.01. The molecule has 0 aliphatic heterocycles. The molecular formula is C5H10O3. The Bertz CT molecular complexity index is 62.7. The van der Waals surface area contributed by atoms with Gasteiger partial charge in [-0.1, -0.05) is 0 Å². The number of aldehydes is 1. The summed E-state index contributed by atoms with van der Waals surface area (Å²) in [6.45, 7) is 0.333. The van der Waals surface area contributed by atoms with Gasteiger partial charge in [-0.3, -0.25) is 0 Å². The third-order valence-corrected chi connectivity index (χ3v) is 0.785. The maximum atomic E-state index is 9.92. The topological polar surface area (TPSA) is 35.5 Å². The van der Waals surface area contributed by atoms with Gasteiger partial charge in [0.1, 0.15) is 6.10 Å². The van der Waals surface area contributed by atoms with E-state index in [-0.39, 0.29) is 0 Å². The van der Waals surface area contributed by atoms with Crippen LogP contribution < -0.4 is 0 Å². The summed E-state index contributed by atoms with van der Waals surface area (Å²) in [7, 11) is 2.99. The van der Waals surface area contributed by atoms with Crippen LogP contribution in [-0.2, 0) is 14.3 Å². The lowest BCUT2D eigenvalue weighted by Gasteiger charge is -2.03. The predicted molar refractivity (Wildman–Crippen MR) is 28.7 cm³/mol. The molecule has 0 aromatic heterocycles. The van der Waals surface area contributed by atoms with Crippen molar-refractivity contribution >= 4 is 6.29 Å². The molecule has 0 aliphatic rings. The normalized spacial score (nSPS) is 13.2. The zero-order valence-corrected chi connectivity index (χ0v) is 5.09. The van der Waals surface area contributed by atoms with Crippen molar-refractivity contribution in [1.82, 2.24) is 0 Å². The van der Waals surface area contributed by atoms with Crippen molar-refractivity contribution in [3.8, 4) is 0 Å². The Morgan fingerprint density at radius 2 is 2.25 bits per heavy atom. The van der Waals surface area contributed by atoms with Crippen LogP contribution in [0.15, 0.2) is 0 Å². The van der Waals surface area contributed by atoms with Crippen LogP contribution in [0.2, 0.25) is 0 Å². The van der Waals surface area contributed by atoms with Crippen LogP contribution in [-0.4, -0.2) is 33.2 Å². The molecule has 0 aliphatic carbocycles. The Kier molecular flexibility index (Phi) is 4.50. The quantitative estimate of drug-likeness (QED) is 0.481. The average Bonchev–Trinajstić information content (AvgIpc) is 1.83. The number of carbonyl (C=O) groups excluding carboxylic acids is 1. The van der Waals surface area contributed by atoms with Gasteiger partial charge in [-0.15, -0.1) is 0 Å². The molecular weight excluding hydrogens is 108 g/mol. The summed E-state index contributed by atoms with van der Waals surface area (Å²) < 4.78 is 9.28. The van der Waals surface area contributed by atoms with E-state index in [9.17, 15) is 4.79 Å². The minimum atomic E-state index is -0.403. The Labute approximate surface area is 48.6 Å². The highest BCUT2D eigenvalue weighted by molar-refractivity contribution is 5.55. The monoisotopic (exact) mass is 118 g/mol. The van der Waals surface area contributed by atoms with Gasteiger partial charge in [-0.25, -0.2) is 0 Å². The molecule has 0 rings (SSSR count). The maximum absolute atomic E-state index is 9.92. The van der Waals surface area contributed by atoms with Gasteiger partial charge < -0.3 is 14.3 Å². The van der Waals surface area contributed by atoms with Crippen LogP contribution in [0.25, 0.3) is 0 Å². The summed E-state index contributed by atoms with van der Waals surface area (Å²) in [4.78, 5) is 9.92. The summed E-state index contributed by atoms with van der Waals surface area (Å²) in [5.74, 6) is 0. The van der Waals surface area contributed by atoms with Crippen molar-refractivity contribution in [1.29, 1.82) is 0 Å². The van der Waals surface area contributed by atoms with Gasteiger partial charge in [0.2, 0.25) is 0 Å². The number of hydrogen-bond donors (Lipinski definition) is 0. The molecule has 48 valence electrons. The SMILES string of the molecule is COC[C@@H](C=O)OC. The predicted octanol–water partition coefficient (Wildman–Crippen LogP) is -0.153. The molecule has 0 fully saturated rings. The summed E-state index contributed by atoms with van der Waals surface area (Å²) in [5, 5.41) is 0. The summed E-state index contributed by atoms with van der Waals surface area (Å²) in [6.07, 6.45) is 0.309. The van der Waals surface area contributed by atoms with E-state index in [0.717, 1.165) is 0 Å². The molecule has 0 spiro atoms. The molecule has 0 saturated heterocycles. The Morgan fingerprint density at radius 1 is 1.62 bits per heavy atom. The van der Waals surface area contributed by atoms with Crippen LogP contribution >= 0.6 is 0 Å². The fourth-order valence-corrected chi connectivity index (χ4v) is 0.327. The van der Waals surface area contributed by atoms with Crippen LogP contribution in [0.4, 0.5) is 0 Å². The minimum absolute atomic E-state index is 0.333. The summed E-state index contributed by atoms with van der Waals surface area (Å²) in [5.41, 5.74) is 0. The standard InChI is InChI=1S/C5H10O3/c1-7-4-5(3-6)8-2/h3,5H,4H2,1-2H3/t5-/m1/s1. The number of carbonyl (C=O) groups is 1. The number of rotatable bonds is 4. The molecule has 0 N–H and O–H groups in total. The lowest BCUT2D eigenvalue weighted by Crippen LogP contribution is -2.18. The van der Waals surface area contributed by atoms with Crippen molar-refractivity contribution in [2.75, 3.05) is 20.8 Å². The van der Waals surface area contributed by atoms with Crippen molar-refractivity contribution in [2.24, 2.45) is 0 Å². The van der Waals surface area contributed by atoms with E-state index >= 15 is 0 Å². The van der Waals surface area contributed by atoms with Crippen LogP contribution in [0.1, 0.15) is 0 Å². The first-order chi connectivity index (χ1) is 3.85. The van der Waals surface area contributed by atoms with E-state index in [1.807, 2.05) is 0 Å². The van der Waals surface area contributed by atoms with Crippen molar-refractivity contribution in [3.63, 3.8) is 0 Å². The van der Waals surface area contributed by atoms with E-state index < -0.39 is 6.10 Å². The van der Waals surface area contributed by atoms with Gasteiger partial charge in [-0.2, -0.15) is 0 Å². The largest absolute Gasteiger partial charge is 0.382 e. The summed E-state index contributed by atoms with van der Waals surface area (Å²) >= 11 is 0. The fraction of sp³-hybridized carbons (Fsp3) is 0.800. The average molecular weight is 118 g/mol. The zero-order valence-electron chi connectivity index (χ0n) is 5.09. The fourth-order valence-electron chi connectivity index (χ4n) is 0.327. The molecule has 0 amide bonds.